The normalized spacial score (nSPS) is 14.1. The van der Waals surface area contributed by atoms with Crippen LogP contribution in [0.25, 0.3) is 0 Å². The molecule has 0 saturated heterocycles. The van der Waals surface area contributed by atoms with Gasteiger partial charge < -0.3 is 5.73 Å². The number of halogens is 2. The molecule has 0 radical (unpaired) electrons. The van der Waals surface area contributed by atoms with Crippen molar-refractivity contribution in [2.24, 2.45) is 5.73 Å². The van der Waals surface area contributed by atoms with Crippen LogP contribution in [0.4, 0.5) is 4.39 Å². The number of hydrogen-bond acceptors (Lipinski definition) is 1. The predicted octanol–water partition coefficient (Wildman–Crippen LogP) is 3.56. The molecule has 0 aliphatic heterocycles. The lowest BCUT2D eigenvalue weighted by molar-refractivity contribution is 0.374. The van der Waals surface area contributed by atoms with E-state index in [0.29, 0.717) is 10.6 Å². The molecule has 0 amide bonds. The highest BCUT2D eigenvalue weighted by Gasteiger charge is 2.18. The molecule has 14 heavy (non-hydrogen) atoms. The van der Waals surface area contributed by atoms with Gasteiger partial charge in [0.1, 0.15) is 6.17 Å². The van der Waals surface area contributed by atoms with Gasteiger partial charge in [0.15, 0.2) is 0 Å². The van der Waals surface area contributed by atoms with Crippen LogP contribution in [0.15, 0.2) is 18.2 Å². The summed E-state index contributed by atoms with van der Waals surface area (Å²) >= 11 is 6.01. The molecule has 1 unspecified atom stereocenters. The van der Waals surface area contributed by atoms with Gasteiger partial charge in [-0.15, -0.1) is 0 Å². The molecule has 78 valence electrons. The van der Waals surface area contributed by atoms with Crippen LogP contribution in [0.1, 0.15) is 38.1 Å². The van der Waals surface area contributed by atoms with Gasteiger partial charge in [0.2, 0.25) is 0 Å². The molecule has 0 heterocycles. The van der Waals surface area contributed by atoms with Gasteiger partial charge in [-0.05, 0) is 38.0 Å². The lowest BCUT2D eigenvalue weighted by Crippen LogP contribution is -2.29. The van der Waals surface area contributed by atoms with Crippen LogP contribution < -0.4 is 5.73 Å². The Morgan fingerprint density at radius 1 is 1.43 bits per heavy atom. The van der Waals surface area contributed by atoms with Crippen molar-refractivity contribution in [3.8, 4) is 0 Å². The second-order valence-electron chi connectivity index (χ2n) is 4.08. The first-order chi connectivity index (χ1) is 6.32. The summed E-state index contributed by atoms with van der Waals surface area (Å²) in [5, 5.41) is 0.527. The van der Waals surface area contributed by atoms with Gasteiger partial charge >= 0.3 is 0 Å². The van der Waals surface area contributed by atoms with Gasteiger partial charge in [-0.1, -0.05) is 23.7 Å². The predicted molar refractivity (Wildman–Crippen MR) is 58.2 cm³/mol. The molecular weight excluding hydrogens is 201 g/mol. The minimum atomic E-state index is -0.998. The van der Waals surface area contributed by atoms with Crippen LogP contribution in [0.5, 0.6) is 0 Å². The fourth-order valence-corrected chi connectivity index (χ4v) is 1.73. The third-order valence-electron chi connectivity index (χ3n) is 2.15. The molecule has 0 spiro atoms. The molecule has 1 aromatic carbocycles. The lowest BCUT2D eigenvalue weighted by Gasteiger charge is -2.21. The lowest BCUT2D eigenvalue weighted by atomic mass is 9.94. The average Bonchev–Trinajstić information content (AvgIpc) is 2.01. The molecule has 0 aliphatic rings. The Labute approximate surface area is 89.1 Å². The summed E-state index contributed by atoms with van der Waals surface area (Å²) in [6.07, 6.45) is -0.998. The summed E-state index contributed by atoms with van der Waals surface area (Å²) in [6.45, 7) is 5.22. The van der Waals surface area contributed by atoms with Crippen molar-refractivity contribution in [2.45, 2.75) is 32.5 Å². The fourth-order valence-electron chi connectivity index (χ4n) is 1.30. The van der Waals surface area contributed by atoms with E-state index in [2.05, 4.69) is 0 Å². The Balaban J connectivity index is 3.15. The zero-order chi connectivity index (χ0) is 10.9. The molecule has 0 aliphatic carbocycles. The van der Waals surface area contributed by atoms with Crippen molar-refractivity contribution in [3.63, 3.8) is 0 Å². The smallest absolute Gasteiger partial charge is 0.122 e. The molecule has 0 fully saturated rings. The first-order valence-corrected chi connectivity index (χ1v) is 4.93. The second kappa shape index (κ2) is 3.87. The minimum Gasteiger partial charge on any atom is -0.322 e. The maximum absolute atomic E-state index is 13.0. The fraction of sp³-hybridized carbons (Fsp3) is 0.455. The first-order valence-electron chi connectivity index (χ1n) is 4.55. The van der Waals surface area contributed by atoms with E-state index in [0.717, 1.165) is 5.56 Å². The molecule has 1 aromatic rings. The summed E-state index contributed by atoms with van der Waals surface area (Å²) < 4.78 is 13.0. The SMILES string of the molecule is CC(F)c1ccc(C(C)(C)N)c(Cl)c1. The van der Waals surface area contributed by atoms with E-state index < -0.39 is 11.7 Å². The molecule has 3 heteroatoms. The Kier molecular flexibility index (Phi) is 3.17. The minimum absolute atomic E-state index is 0.491. The van der Waals surface area contributed by atoms with Crippen molar-refractivity contribution in [1.29, 1.82) is 0 Å². The maximum Gasteiger partial charge on any atom is 0.122 e. The monoisotopic (exact) mass is 215 g/mol. The van der Waals surface area contributed by atoms with E-state index in [-0.39, 0.29) is 0 Å². The average molecular weight is 216 g/mol. The highest BCUT2D eigenvalue weighted by molar-refractivity contribution is 6.31. The van der Waals surface area contributed by atoms with E-state index >= 15 is 0 Å². The number of alkyl halides is 1. The van der Waals surface area contributed by atoms with Crippen molar-refractivity contribution in [1.82, 2.24) is 0 Å². The van der Waals surface area contributed by atoms with Gasteiger partial charge in [0.05, 0.1) is 0 Å². The highest BCUT2D eigenvalue weighted by Crippen LogP contribution is 2.29. The molecule has 2 N–H and O–H groups in total. The first kappa shape index (κ1) is 11.5. The van der Waals surface area contributed by atoms with E-state index in [9.17, 15) is 4.39 Å². The van der Waals surface area contributed by atoms with Gasteiger partial charge in [0, 0.05) is 10.6 Å². The van der Waals surface area contributed by atoms with Gasteiger partial charge in [-0.2, -0.15) is 0 Å². The Morgan fingerprint density at radius 2 is 2.00 bits per heavy atom. The Bertz CT molecular complexity index is 329. The molecule has 0 bridgehead atoms. The molecule has 1 rings (SSSR count). The van der Waals surface area contributed by atoms with Gasteiger partial charge in [-0.3, -0.25) is 0 Å². The summed E-state index contributed by atoms with van der Waals surface area (Å²) in [4.78, 5) is 0. The molecule has 1 nitrogen and oxygen atoms in total. The van der Waals surface area contributed by atoms with E-state index in [1.54, 1.807) is 18.2 Å². The topological polar surface area (TPSA) is 26.0 Å². The molecule has 1 atom stereocenters. The van der Waals surface area contributed by atoms with Crippen molar-refractivity contribution in [2.75, 3.05) is 0 Å². The molecule has 0 saturated carbocycles. The van der Waals surface area contributed by atoms with E-state index in [1.807, 2.05) is 13.8 Å². The third-order valence-corrected chi connectivity index (χ3v) is 2.46. The van der Waals surface area contributed by atoms with Crippen LogP contribution in [0.3, 0.4) is 0 Å². The molecule has 0 aromatic heterocycles. The van der Waals surface area contributed by atoms with Crippen LogP contribution in [-0.4, -0.2) is 0 Å². The van der Waals surface area contributed by atoms with Crippen LogP contribution >= 0.6 is 11.6 Å². The van der Waals surface area contributed by atoms with Crippen molar-refractivity contribution >= 4 is 11.6 Å². The summed E-state index contributed by atoms with van der Waals surface area (Å²) in [5.74, 6) is 0. The summed E-state index contributed by atoms with van der Waals surface area (Å²) in [7, 11) is 0. The zero-order valence-corrected chi connectivity index (χ0v) is 9.40. The van der Waals surface area contributed by atoms with Gasteiger partial charge in [0.25, 0.3) is 0 Å². The number of rotatable bonds is 2. The van der Waals surface area contributed by atoms with Crippen LogP contribution in [0.2, 0.25) is 5.02 Å². The Hall–Kier alpha value is -0.600. The van der Waals surface area contributed by atoms with Crippen LogP contribution in [0, 0.1) is 0 Å². The molecular formula is C11H15ClFN. The van der Waals surface area contributed by atoms with Gasteiger partial charge in [-0.25, -0.2) is 4.39 Å². The highest BCUT2D eigenvalue weighted by atomic mass is 35.5. The van der Waals surface area contributed by atoms with Crippen LogP contribution in [-0.2, 0) is 5.54 Å². The number of nitrogens with two attached hydrogens (primary N) is 1. The summed E-state index contributed by atoms with van der Waals surface area (Å²) in [5.41, 5.74) is 6.84. The number of benzene rings is 1. The van der Waals surface area contributed by atoms with Crippen molar-refractivity contribution in [3.05, 3.63) is 34.3 Å². The second-order valence-corrected chi connectivity index (χ2v) is 4.48. The zero-order valence-electron chi connectivity index (χ0n) is 8.64. The van der Waals surface area contributed by atoms with E-state index in [1.165, 1.54) is 6.92 Å². The number of hydrogen-bond donors (Lipinski definition) is 1. The standard InChI is InChI=1S/C11H15ClFN/c1-7(13)8-4-5-9(10(12)6-8)11(2,3)14/h4-7H,14H2,1-3H3. The quantitative estimate of drug-likeness (QED) is 0.802. The maximum atomic E-state index is 13.0. The largest absolute Gasteiger partial charge is 0.322 e. The summed E-state index contributed by atoms with van der Waals surface area (Å²) in [6, 6.07) is 5.14. The van der Waals surface area contributed by atoms with Crippen molar-refractivity contribution < 1.29 is 4.39 Å². The third kappa shape index (κ3) is 2.46. The van der Waals surface area contributed by atoms with E-state index in [4.69, 9.17) is 17.3 Å². The Morgan fingerprint density at radius 3 is 2.36 bits per heavy atom.